The number of rotatable bonds is 7. The third-order valence-corrected chi connectivity index (χ3v) is 7.50. The summed E-state index contributed by atoms with van der Waals surface area (Å²) in [5.41, 5.74) is 3.05. The van der Waals surface area contributed by atoms with Crippen LogP contribution in [0.2, 0.25) is 0 Å². The molecule has 0 fully saturated rings. The van der Waals surface area contributed by atoms with Gasteiger partial charge in [-0.1, -0.05) is 42.0 Å². The number of amides is 1. The monoisotopic (exact) mass is 517 g/mol. The predicted molar refractivity (Wildman–Crippen MR) is 144 cm³/mol. The Labute approximate surface area is 218 Å². The zero-order valence-electron chi connectivity index (χ0n) is 20.7. The minimum atomic E-state index is -0.480. The van der Waals surface area contributed by atoms with Crippen LogP contribution in [0.3, 0.4) is 0 Å². The number of hydrogen-bond acceptors (Lipinski definition) is 7. The van der Waals surface area contributed by atoms with Crippen LogP contribution < -0.4 is 15.5 Å². The lowest BCUT2D eigenvalue weighted by molar-refractivity contribution is -0.118. The van der Waals surface area contributed by atoms with Gasteiger partial charge in [0, 0.05) is 10.4 Å². The molecule has 7 nitrogen and oxygen atoms in total. The van der Waals surface area contributed by atoms with Gasteiger partial charge in [0.05, 0.1) is 17.6 Å². The second-order valence-electron chi connectivity index (χ2n) is 8.93. The first-order valence-corrected chi connectivity index (χ1v) is 13.1. The summed E-state index contributed by atoms with van der Waals surface area (Å²) < 4.78 is 17.2. The number of carbonyl (C=O) groups is 2. The highest BCUT2D eigenvalue weighted by Crippen LogP contribution is 2.38. The highest BCUT2D eigenvalue weighted by Gasteiger charge is 2.27. The van der Waals surface area contributed by atoms with E-state index >= 15 is 0 Å². The molecule has 2 aromatic heterocycles. The van der Waals surface area contributed by atoms with E-state index in [1.54, 1.807) is 19.1 Å². The van der Waals surface area contributed by atoms with Crippen molar-refractivity contribution in [3.8, 4) is 17.1 Å². The quantitative estimate of drug-likeness (QED) is 0.307. The number of nitrogens with one attached hydrogen (secondary N) is 1. The van der Waals surface area contributed by atoms with Crippen molar-refractivity contribution in [3.05, 3.63) is 80.3 Å². The molecule has 1 N–H and O–H groups in total. The number of ether oxygens (including phenoxy) is 2. The first-order chi connectivity index (χ1) is 18.0. The van der Waals surface area contributed by atoms with E-state index in [9.17, 15) is 14.4 Å². The molecule has 37 heavy (non-hydrogen) atoms. The number of benzene rings is 2. The van der Waals surface area contributed by atoms with Crippen molar-refractivity contribution in [2.24, 2.45) is 0 Å². The summed E-state index contributed by atoms with van der Waals surface area (Å²) >= 11 is 1.40. The summed E-state index contributed by atoms with van der Waals surface area (Å²) in [4.78, 5) is 40.2. The molecule has 8 heteroatoms. The lowest BCUT2D eigenvalue weighted by Crippen LogP contribution is -2.23. The van der Waals surface area contributed by atoms with Crippen LogP contribution in [0.15, 0.2) is 57.7 Å². The average Bonchev–Trinajstić information content (AvgIpc) is 3.26. The van der Waals surface area contributed by atoms with Gasteiger partial charge in [-0.15, -0.1) is 11.3 Å². The third-order valence-electron chi connectivity index (χ3n) is 6.29. The first kappa shape index (κ1) is 24.8. The Morgan fingerprint density at radius 3 is 2.65 bits per heavy atom. The van der Waals surface area contributed by atoms with Gasteiger partial charge in [-0.25, -0.2) is 4.79 Å². The maximum absolute atomic E-state index is 13.4. The van der Waals surface area contributed by atoms with Crippen LogP contribution in [0, 0.1) is 6.92 Å². The van der Waals surface area contributed by atoms with Crippen molar-refractivity contribution in [1.82, 2.24) is 0 Å². The second-order valence-corrected chi connectivity index (χ2v) is 10.0. The Balaban J connectivity index is 1.45. The van der Waals surface area contributed by atoms with E-state index in [2.05, 4.69) is 5.32 Å². The molecule has 1 aliphatic rings. The van der Waals surface area contributed by atoms with E-state index in [0.29, 0.717) is 27.1 Å². The summed E-state index contributed by atoms with van der Waals surface area (Å²) in [7, 11) is 0. The molecule has 4 aromatic rings. The minimum Gasteiger partial charge on any atom is -0.476 e. The fourth-order valence-corrected chi connectivity index (χ4v) is 5.87. The molecule has 0 bridgehead atoms. The summed E-state index contributed by atoms with van der Waals surface area (Å²) in [6.45, 7) is 3.47. The largest absolute Gasteiger partial charge is 0.476 e. The van der Waals surface area contributed by atoms with Crippen LogP contribution in [0.1, 0.15) is 46.1 Å². The maximum Gasteiger partial charge on any atom is 0.341 e. The lowest BCUT2D eigenvalue weighted by atomic mass is 9.95. The SMILES string of the molecule is CCOC(=O)c1c(NC(=O)COc2c(-c3ccccc3)oc3ccc(C)cc3c2=O)sc2c1CCCC2. The van der Waals surface area contributed by atoms with Crippen LogP contribution >= 0.6 is 11.3 Å². The van der Waals surface area contributed by atoms with Crippen LogP contribution in [0.4, 0.5) is 5.00 Å². The van der Waals surface area contributed by atoms with Crippen molar-refractivity contribution >= 4 is 39.2 Å². The lowest BCUT2D eigenvalue weighted by Gasteiger charge is -2.13. The fraction of sp³-hybridized carbons (Fsp3) is 0.276. The molecular formula is C29H27NO6S. The molecule has 1 amide bonds. The molecule has 0 saturated heterocycles. The van der Waals surface area contributed by atoms with Gasteiger partial charge in [-0.3, -0.25) is 9.59 Å². The molecule has 0 aliphatic heterocycles. The average molecular weight is 518 g/mol. The zero-order chi connectivity index (χ0) is 25.9. The molecule has 0 radical (unpaired) electrons. The number of esters is 1. The van der Waals surface area contributed by atoms with Gasteiger partial charge >= 0.3 is 5.97 Å². The predicted octanol–water partition coefficient (Wildman–Crippen LogP) is 5.90. The second kappa shape index (κ2) is 10.6. The van der Waals surface area contributed by atoms with E-state index in [4.69, 9.17) is 13.9 Å². The van der Waals surface area contributed by atoms with E-state index in [-0.39, 0.29) is 23.5 Å². The topological polar surface area (TPSA) is 94.8 Å². The Kier molecular flexibility index (Phi) is 7.10. The molecule has 0 atom stereocenters. The van der Waals surface area contributed by atoms with Crippen LogP contribution in [-0.4, -0.2) is 25.1 Å². The fourth-order valence-electron chi connectivity index (χ4n) is 4.58. The Morgan fingerprint density at radius 2 is 1.86 bits per heavy atom. The van der Waals surface area contributed by atoms with Gasteiger partial charge in [-0.05, 0) is 57.2 Å². The van der Waals surface area contributed by atoms with Crippen LogP contribution in [0.5, 0.6) is 5.75 Å². The summed E-state index contributed by atoms with van der Waals surface area (Å²) in [5, 5.41) is 3.67. The molecule has 0 unspecified atom stereocenters. The van der Waals surface area contributed by atoms with Gasteiger partial charge in [0.25, 0.3) is 5.91 Å². The summed E-state index contributed by atoms with van der Waals surface area (Å²) in [6, 6.07) is 14.5. The van der Waals surface area contributed by atoms with Gasteiger partial charge in [0.1, 0.15) is 10.6 Å². The van der Waals surface area contributed by atoms with Crippen molar-refractivity contribution in [2.75, 3.05) is 18.5 Å². The highest BCUT2D eigenvalue weighted by molar-refractivity contribution is 7.17. The molecule has 0 spiro atoms. The molecule has 190 valence electrons. The molecule has 5 rings (SSSR count). The Morgan fingerprint density at radius 1 is 1.08 bits per heavy atom. The Hall–Kier alpha value is -3.91. The number of carbonyl (C=O) groups excluding carboxylic acids is 2. The third kappa shape index (κ3) is 5.02. The van der Waals surface area contributed by atoms with Crippen molar-refractivity contribution in [3.63, 3.8) is 0 Å². The summed E-state index contributed by atoms with van der Waals surface area (Å²) in [5.74, 6) is -0.689. The van der Waals surface area contributed by atoms with Crippen molar-refractivity contribution < 1.29 is 23.5 Å². The zero-order valence-corrected chi connectivity index (χ0v) is 21.5. The van der Waals surface area contributed by atoms with Gasteiger partial charge in [-0.2, -0.15) is 0 Å². The number of anilines is 1. The smallest absolute Gasteiger partial charge is 0.341 e. The van der Waals surface area contributed by atoms with Crippen LogP contribution in [0.25, 0.3) is 22.3 Å². The minimum absolute atomic E-state index is 0.0319. The van der Waals surface area contributed by atoms with Gasteiger partial charge in [0.2, 0.25) is 11.2 Å². The maximum atomic E-state index is 13.4. The van der Waals surface area contributed by atoms with E-state index in [1.807, 2.05) is 43.3 Å². The van der Waals surface area contributed by atoms with E-state index in [0.717, 1.165) is 41.7 Å². The number of fused-ring (bicyclic) bond motifs is 2. The first-order valence-electron chi connectivity index (χ1n) is 12.3. The van der Waals surface area contributed by atoms with E-state index < -0.39 is 18.5 Å². The summed E-state index contributed by atoms with van der Waals surface area (Å²) in [6.07, 6.45) is 3.69. The van der Waals surface area contributed by atoms with Crippen LogP contribution in [-0.2, 0) is 22.4 Å². The Bertz CT molecular complexity index is 1540. The standard InChI is InChI=1S/C29H27NO6S/c1-3-34-29(33)24-19-11-7-8-12-22(19)37-28(24)30-23(31)16-35-27-25(32)20-15-17(2)13-14-21(20)36-26(27)18-9-5-4-6-10-18/h4-6,9-10,13-15H,3,7-8,11-12,16H2,1-2H3,(H,30,31). The molecule has 1 aliphatic carbocycles. The number of thiophene rings is 1. The van der Waals surface area contributed by atoms with Gasteiger partial charge < -0.3 is 19.2 Å². The molecule has 2 heterocycles. The number of hydrogen-bond donors (Lipinski definition) is 1. The highest BCUT2D eigenvalue weighted by atomic mass is 32.1. The van der Waals surface area contributed by atoms with E-state index in [1.165, 1.54) is 11.3 Å². The number of aryl methyl sites for hydroxylation is 2. The molecular weight excluding hydrogens is 490 g/mol. The normalized spacial score (nSPS) is 12.7. The van der Waals surface area contributed by atoms with Crippen molar-refractivity contribution in [1.29, 1.82) is 0 Å². The van der Waals surface area contributed by atoms with Gasteiger partial charge in [0.15, 0.2) is 12.4 Å². The molecule has 2 aromatic carbocycles. The molecule has 0 saturated carbocycles. The van der Waals surface area contributed by atoms with Crippen molar-refractivity contribution in [2.45, 2.75) is 39.5 Å².